The minimum absolute atomic E-state index is 0.377. The monoisotopic (exact) mass is 275 g/mol. The maximum atomic E-state index is 11.0. The molecule has 0 fully saturated rings. The maximum absolute atomic E-state index is 11.0. The normalized spacial score (nSPS) is 29.7. The van der Waals surface area contributed by atoms with Crippen LogP contribution in [0.1, 0.15) is 6.92 Å². The summed E-state index contributed by atoms with van der Waals surface area (Å²) < 4.78 is 5.52. The van der Waals surface area contributed by atoms with E-state index in [-0.39, 0.29) is 4.92 Å². The SMILES string of the molecule is CC1=CC=C2NSN=C2C1(Br)[N+](=O)[O-]. The highest BCUT2D eigenvalue weighted by atomic mass is 79.9. The van der Waals surface area contributed by atoms with E-state index in [0.29, 0.717) is 17.0 Å². The van der Waals surface area contributed by atoms with E-state index in [9.17, 15) is 10.1 Å². The quantitative estimate of drug-likeness (QED) is 0.261. The van der Waals surface area contributed by atoms with Gasteiger partial charge in [-0.05, 0) is 13.0 Å². The van der Waals surface area contributed by atoms with Crippen LogP contribution < -0.4 is 4.72 Å². The number of allylic oxidation sites excluding steroid dienone is 2. The number of nitro groups is 1. The van der Waals surface area contributed by atoms with Crippen LogP contribution in [0.15, 0.2) is 27.8 Å². The van der Waals surface area contributed by atoms with Crippen LogP contribution >= 0.6 is 28.1 Å². The van der Waals surface area contributed by atoms with Gasteiger partial charge < -0.3 is 4.72 Å². The van der Waals surface area contributed by atoms with Gasteiger partial charge in [0.2, 0.25) is 0 Å². The lowest BCUT2D eigenvalue weighted by Crippen LogP contribution is -2.44. The van der Waals surface area contributed by atoms with Crippen molar-refractivity contribution in [3.8, 4) is 0 Å². The number of hydrogen-bond acceptors (Lipinski definition) is 5. The smallest absolute Gasteiger partial charge is 0.308 e. The molecule has 0 saturated heterocycles. The first-order valence-electron chi connectivity index (χ1n) is 3.80. The Bertz CT molecular complexity index is 404. The molecule has 14 heavy (non-hydrogen) atoms. The molecule has 74 valence electrons. The Labute approximate surface area is 92.9 Å². The van der Waals surface area contributed by atoms with Gasteiger partial charge in [0.05, 0.1) is 17.8 Å². The van der Waals surface area contributed by atoms with Crippen molar-refractivity contribution in [2.75, 3.05) is 0 Å². The zero-order valence-electron chi connectivity index (χ0n) is 7.15. The van der Waals surface area contributed by atoms with Crippen LogP contribution in [-0.4, -0.2) is 15.1 Å². The van der Waals surface area contributed by atoms with Crippen LogP contribution in [0.2, 0.25) is 0 Å². The highest BCUT2D eigenvalue weighted by Crippen LogP contribution is 2.38. The van der Waals surface area contributed by atoms with Crippen LogP contribution in [0, 0.1) is 10.1 Å². The van der Waals surface area contributed by atoms with Gasteiger partial charge in [-0.2, -0.15) is 4.40 Å². The molecule has 0 aromatic carbocycles. The van der Waals surface area contributed by atoms with Crippen LogP contribution in [0.25, 0.3) is 0 Å². The summed E-state index contributed by atoms with van der Waals surface area (Å²) in [6.45, 7) is 1.70. The molecule has 1 N–H and O–H groups in total. The fraction of sp³-hybridized carbons (Fsp3) is 0.286. The zero-order valence-corrected chi connectivity index (χ0v) is 9.55. The van der Waals surface area contributed by atoms with Crippen LogP contribution in [0.5, 0.6) is 0 Å². The lowest BCUT2D eigenvalue weighted by molar-refractivity contribution is -0.504. The standard InChI is InChI=1S/C7H6BrN3O2S/c1-4-2-3-5-6(10-14-9-5)7(4,8)11(12)13/h2-3,9H,1H3. The minimum Gasteiger partial charge on any atom is -0.308 e. The Morgan fingerprint density at radius 2 is 2.43 bits per heavy atom. The third-order valence-corrected chi connectivity index (χ3v) is 4.01. The predicted molar refractivity (Wildman–Crippen MR) is 58.7 cm³/mol. The molecule has 0 spiro atoms. The van der Waals surface area contributed by atoms with E-state index in [1.54, 1.807) is 19.1 Å². The molecule has 0 aromatic rings. The summed E-state index contributed by atoms with van der Waals surface area (Å²) in [7, 11) is 0. The van der Waals surface area contributed by atoms with Gasteiger partial charge in [-0.1, -0.05) is 6.08 Å². The van der Waals surface area contributed by atoms with Gasteiger partial charge in [0.25, 0.3) is 0 Å². The second-order valence-electron chi connectivity index (χ2n) is 2.94. The second kappa shape index (κ2) is 3.09. The topological polar surface area (TPSA) is 67.5 Å². The average molecular weight is 276 g/mol. The molecule has 0 bridgehead atoms. The lowest BCUT2D eigenvalue weighted by Gasteiger charge is -2.22. The highest BCUT2D eigenvalue weighted by Gasteiger charge is 2.52. The molecule has 0 saturated carbocycles. The first kappa shape index (κ1) is 9.72. The number of alkyl halides is 1. The summed E-state index contributed by atoms with van der Waals surface area (Å²) in [4.78, 5) is 10.6. The number of nitrogens with one attached hydrogen (secondary N) is 1. The van der Waals surface area contributed by atoms with Gasteiger partial charge >= 0.3 is 4.45 Å². The number of nitrogens with zero attached hydrogens (tertiary/aromatic N) is 2. The van der Waals surface area contributed by atoms with Gasteiger partial charge in [-0.3, -0.25) is 10.1 Å². The van der Waals surface area contributed by atoms with Crippen LogP contribution in [0.3, 0.4) is 0 Å². The van der Waals surface area contributed by atoms with Crippen molar-refractivity contribution in [3.05, 3.63) is 33.5 Å². The molecule has 5 nitrogen and oxygen atoms in total. The van der Waals surface area contributed by atoms with E-state index in [0.717, 1.165) is 12.1 Å². The minimum atomic E-state index is -1.37. The first-order chi connectivity index (χ1) is 6.56. The van der Waals surface area contributed by atoms with E-state index >= 15 is 0 Å². The Kier molecular flexibility index (Phi) is 2.15. The van der Waals surface area contributed by atoms with Crippen molar-refractivity contribution in [2.45, 2.75) is 11.4 Å². The van der Waals surface area contributed by atoms with E-state index in [1.165, 1.54) is 0 Å². The van der Waals surface area contributed by atoms with Crippen molar-refractivity contribution >= 4 is 33.8 Å². The van der Waals surface area contributed by atoms with Gasteiger partial charge in [0, 0.05) is 26.4 Å². The zero-order chi connectivity index (χ0) is 10.3. The number of hydrogen-bond donors (Lipinski definition) is 1. The molecular weight excluding hydrogens is 270 g/mol. The molecule has 1 atom stereocenters. The van der Waals surface area contributed by atoms with E-state index in [4.69, 9.17) is 0 Å². The molecule has 2 rings (SSSR count). The van der Waals surface area contributed by atoms with Gasteiger partial charge in [0.15, 0.2) is 5.71 Å². The molecule has 0 amide bonds. The molecule has 1 unspecified atom stereocenters. The summed E-state index contributed by atoms with van der Waals surface area (Å²) in [6, 6.07) is 0. The summed E-state index contributed by atoms with van der Waals surface area (Å²) >= 11 is 4.24. The predicted octanol–water partition coefficient (Wildman–Crippen LogP) is 1.81. The third kappa shape index (κ3) is 1.12. The lowest BCUT2D eigenvalue weighted by atomic mass is 9.96. The molecule has 7 heteroatoms. The van der Waals surface area contributed by atoms with E-state index in [1.807, 2.05) is 0 Å². The molecule has 2 aliphatic rings. The molecular formula is C7H6BrN3O2S. The molecule has 1 aliphatic heterocycles. The molecule has 1 aliphatic carbocycles. The largest absolute Gasteiger partial charge is 0.340 e. The van der Waals surface area contributed by atoms with E-state index in [2.05, 4.69) is 25.0 Å². The van der Waals surface area contributed by atoms with Crippen molar-refractivity contribution in [1.82, 2.24) is 4.72 Å². The first-order valence-corrected chi connectivity index (χ1v) is 5.37. The summed E-state index contributed by atoms with van der Waals surface area (Å²) in [5.74, 6) is 0. The maximum Gasteiger partial charge on any atom is 0.340 e. The van der Waals surface area contributed by atoms with Gasteiger partial charge in [-0.15, -0.1) is 0 Å². The Hall–Kier alpha value is -0.820. The summed E-state index contributed by atoms with van der Waals surface area (Å²) in [5.41, 5.74) is 1.73. The van der Waals surface area contributed by atoms with E-state index < -0.39 is 4.45 Å². The van der Waals surface area contributed by atoms with Gasteiger partial charge in [-0.25, -0.2) is 0 Å². The van der Waals surface area contributed by atoms with Crippen molar-refractivity contribution in [3.63, 3.8) is 0 Å². The Morgan fingerprint density at radius 3 is 3.07 bits per heavy atom. The second-order valence-corrected chi connectivity index (χ2v) is 4.66. The average Bonchev–Trinajstić information content (AvgIpc) is 2.59. The fourth-order valence-electron chi connectivity index (χ4n) is 1.30. The van der Waals surface area contributed by atoms with Crippen molar-refractivity contribution in [2.24, 2.45) is 4.40 Å². The third-order valence-electron chi connectivity index (χ3n) is 2.14. The fourth-order valence-corrected chi connectivity index (χ4v) is 2.49. The molecule has 0 aromatic heterocycles. The molecule has 1 heterocycles. The highest BCUT2D eigenvalue weighted by molar-refractivity contribution is 9.10. The summed E-state index contributed by atoms with van der Waals surface area (Å²) in [5, 5.41) is 11.0. The molecule has 0 radical (unpaired) electrons. The van der Waals surface area contributed by atoms with Crippen LogP contribution in [0.4, 0.5) is 0 Å². The number of halogens is 1. The van der Waals surface area contributed by atoms with Crippen molar-refractivity contribution < 1.29 is 4.92 Å². The Balaban J connectivity index is 2.57. The number of rotatable bonds is 1. The Morgan fingerprint density at radius 1 is 1.71 bits per heavy atom. The number of fused-ring (bicyclic) bond motifs is 1. The van der Waals surface area contributed by atoms with Crippen molar-refractivity contribution in [1.29, 1.82) is 0 Å². The van der Waals surface area contributed by atoms with Crippen LogP contribution in [-0.2, 0) is 0 Å². The summed E-state index contributed by atoms with van der Waals surface area (Å²) in [6.07, 6.45) is 3.50. The van der Waals surface area contributed by atoms with Gasteiger partial charge in [0.1, 0.15) is 0 Å².